The summed E-state index contributed by atoms with van der Waals surface area (Å²) in [6.45, 7) is 3.32. The van der Waals surface area contributed by atoms with Crippen molar-refractivity contribution in [3.8, 4) is 0 Å². The van der Waals surface area contributed by atoms with E-state index in [0.29, 0.717) is 23.3 Å². The molecule has 1 saturated carbocycles. The molecule has 2 bridgehead atoms. The zero-order valence-corrected chi connectivity index (χ0v) is 9.93. The van der Waals surface area contributed by atoms with E-state index in [9.17, 15) is 4.39 Å². The average Bonchev–Trinajstić information content (AvgIpc) is 2.54. The number of piperidine rings is 1. The van der Waals surface area contributed by atoms with Crippen molar-refractivity contribution in [3.63, 3.8) is 0 Å². The second-order valence-electron chi connectivity index (χ2n) is 5.18. The first-order chi connectivity index (χ1) is 8.16. The highest BCUT2D eigenvalue weighted by Crippen LogP contribution is 2.37. The molecule has 2 fully saturated rings. The number of hydrogen-bond donors (Lipinski definition) is 1. The van der Waals surface area contributed by atoms with E-state index in [0.717, 1.165) is 25.9 Å². The number of halogens is 1. The molecular formula is C12H17FN4. The van der Waals surface area contributed by atoms with E-state index in [4.69, 9.17) is 5.73 Å². The van der Waals surface area contributed by atoms with Gasteiger partial charge in [-0.1, -0.05) is 0 Å². The molecule has 0 spiro atoms. The maximum atomic E-state index is 14.0. The number of fused-ring (bicyclic) bond motifs is 2. The minimum atomic E-state index is -0.289. The van der Waals surface area contributed by atoms with E-state index in [2.05, 4.69) is 9.97 Å². The van der Waals surface area contributed by atoms with Gasteiger partial charge in [0.15, 0.2) is 11.6 Å². The summed E-state index contributed by atoms with van der Waals surface area (Å²) in [4.78, 5) is 9.99. The molecule has 1 aliphatic carbocycles. The predicted molar refractivity (Wildman–Crippen MR) is 63.1 cm³/mol. The highest BCUT2D eigenvalue weighted by Gasteiger charge is 2.40. The molecule has 1 aliphatic heterocycles. The van der Waals surface area contributed by atoms with E-state index >= 15 is 0 Å². The van der Waals surface area contributed by atoms with Crippen molar-refractivity contribution in [2.24, 2.45) is 17.6 Å². The van der Waals surface area contributed by atoms with Crippen LogP contribution in [0.5, 0.6) is 0 Å². The molecule has 4 nitrogen and oxygen atoms in total. The van der Waals surface area contributed by atoms with Gasteiger partial charge in [0.05, 0.1) is 5.69 Å². The van der Waals surface area contributed by atoms with Gasteiger partial charge in [0.1, 0.15) is 6.33 Å². The van der Waals surface area contributed by atoms with Crippen LogP contribution in [0, 0.1) is 24.6 Å². The van der Waals surface area contributed by atoms with E-state index in [-0.39, 0.29) is 11.9 Å². The fraction of sp³-hybridized carbons (Fsp3) is 0.667. The molecule has 0 aromatic carbocycles. The first-order valence-corrected chi connectivity index (χ1v) is 6.14. The first kappa shape index (κ1) is 10.9. The molecule has 0 radical (unpaired) electrons. The standard InChI is InChI=1S/C12H17FN4/c1-7-10(13)12(16-6-15-7)17-4-8-2-3-9(5-17)11(8)14/h6,8-9,11H,2-5,14H2,1H3/t8-,9?,11?/m0/s1. The van der Waals surface area contributed by atoms with Crippen molar-refractivity contribution in [1.29, 1.82) is 0 Å². The van der Waals surface area contributed by atoms with Crippen LogP contribution < -0.4 is 10.6 Å². The Morgan fingerprint density at radius 1 is 1.29 bits per heavy atom. The number of nitrogens with zero attached hydrogens (tertiary/aromatic N) is 3. The van der Waals surface area contributed by atoms with Crippen LogP contribution in [0.1, 0.15) is 18.5 Å². The van der Waals surface area contributed by atoms with Crippen LogP contribution in [0.15, 0.2) is 6.33 Å². The van der Waals surface area contributed by atoms with Crippen LogP contribution >= 0.6 is 0 Å². The lowest BCUT2D eigenvalue weighted by atomic mass is 9.93. The summed E-state index contributed by atoms with van der Waals surface area (Å²) in [5.74, 6) is 1.13. The molecule has 17 heavy (non-hydrogen) atoms. The number of hydrogen-bond acceptors (Lipinski definition) is 4. The molecule has 2 heterocycles. The number of aromatic nitrogens is 2. The number of rotatable bonds is 1. The van der Waals surface area contributed by atoms with Gasteiger partial charge in [-0.05, 0) is 31.6 Å². The zero-order valence-electron chi connectivity index (χ0n) is 9.93. The molecule has 2 N–H and O–H groups in total. The van der Waals surface area contributed by atoms with Gasteiger partial charge in [-0.25, -0.2) is 14.4 Å². The second kappa shape index (κ2) is 3.91. The molecule has 3 rings (SSSR count). The quantitative estimate of drug-likeness (QED) is 0.793. The summed E-state index contributed by atoms with van der Waals surface area (Å²) in [6, 6.07) is 0.289. The van der Waals surface area contributed by atoms with Gasteiger partial charge >= 0.3 is 0 Å². The van der Waals surface area contributed by atoms with Crippen LogP contribution in [-0.2, 0) is 0 Å². The number of aryl methyl sites for hydroxylation is 1. The summed E-state index contributed by atoms with van der Waals surface area (Å²) in [6.07, 6.45) is 3.76. The second-order valence-corrected chi connectivity index (χ2v) is 5.18. The smallest absolute Gasteiger partial charge is 0.186 e. The van der Waals surface area contributed by atoms with Gasteiger partial charge in [0, 0.05) is 19.1 Å². The fourth-order valence-corrected chi connectivity index (χ4v) is 3.10. The molecule has 3 atom stereocenters. The Hall–Kier alpha value is -1.23. The monoisotopic (exact) mass is 236 g/mol. The lowest BCUT2D eigenvalue weighted by Gasteiger charge is -2.36. The van der Waals surface area contributed by atoms with E-state index < -0.39 is 0 Å². The van der Waals surface area contributed by atoms with Crippen molar-refractivity contribution in [2.75, 3.05) is 18.0 Å². The third-order valence-corrected chi connectivity index (χ3v) is 4.15. The summed E-state index contributed by atoms with van der Waals surface area (Å²) in [5, 5.41) is 0. The van der Waals surface area contributed by atoms with E-state index in [1.807, 2.05) is 4.90 Å². The lowest BCUT2D eigenvalue weighted by Crippen LogP contribution is -2.49. The molecule has 2 aliphatic rings. The van der Waals surface area contributed by atoms with Crippen LogP contribution in [0.25, 0.3) is 0 Å². The topological polar surface area (TPSA) is 55.0 Å². The molecule has 0 amide bonds. The Morgan fingerprint density at radius 3 is 2.59 bits per heavy atom. The maximum Gasteiger partial charge on any atom is 0.186 e. The fourth-order valence-electron chi connectivity index (χ4n) is 3.10. The van der Waals surface area contributed by atoms with Crippen LogP contribution in [0.4, 0.5) is 10.2 Å². The van der Waals surface area contributed by atoms with Gasteiger partial charge < -0.3 is 10.6 Å². The predicted octanol–water partition coefficient (Wildman–Crippen LogP) is 1.10. The van der Waals surface area contributed by atoms with Crippen LogP contribution in [-0.4, -0.2) is 29.1 Å². The van der Waals surface area contributed by atoms with Crippen LogP contribution in [0.2, 0.25) is 0 Å². The van der Waals surface area contributed by atoms with Gasteiger partial charge in [-0.2, -0.15) is 0 Å². The van der Waals surface area contributed by atoms with Crippen LogP contribution in [0.3, 0.4) is 0 Å². The lowest BCUT2D eigenvalue weighted by molar-refractivity contribution is 0.352. The summed E-state index contributed by atoms with van der Waals surface area (Å²) in [5.41, 5.74) is 6.55. The van der Waals surface area contributed by atoms with Gasteiger partial charge in [-0.15, -0.1) is 0 Å². The Kier molecular flexibility index (Phi) is 2.50. The Labute approximate surface area is 100 Å². The molecular weight excluding hydrogens is 219 g/mol. The van der Waals surface area contributed by atoms with Crippen molar-refractivity contribution in [1.82, 2.24) is 9.97 Å². The summed E-state index contributed by atoms with van der Waals surface area (Å²) < 4.78 is 14.0. The zero-order chi connectivity index (χ0) is 12.0. The molecule has 92 valence electrons. The first-order valence-electron chi connectivity index (χ1n) is 6.14. The van der Waals surface area contributed by atoms with Gasteiger partial charge in [0.2, 0.25) is 0 Å². The normalized spacial score (nSPS) is 31.9. The molecule has 1 aromatic rings. The van der Waals surface area contributed by atoms with Gasteiger partial charge in [-0.3, -0.25) is 0 Å². The largest absolute Gasteiger partial charge is 0.353 e. The van der Waals surface area contributed by atoms with Crippen molar-refractivity contribution in [2.45, 2.75) is 25.8 Å². The maximum absolute atomic E-state index is 14.0. The molecule has 1 aromatic heterocycles. The van der Waals surface area contributed by atoms with Gasteiger partial charge in [0.25, 0.3) is 0 Å². The Balaban J connectivity index is 1.89. The van der Waals surface area contributed by atoms with E-state index in [1.54, 1.807) is 6.92 Å². The Morgan fingerprint density at radius 2 is 1.94 bits per heavy atom. The molecule has 1 saturated heterocycles. The highest BCUT2D eigenvalue weighted by atomic mass is 19.1. The third-order valence-electron chi connectivity index (χ3n) is 4.15. The van der Waals surface area contributed by atoms with Crippen molar-refractivity contribution >= 4 is 5.82 Å². The van der Waals surface area contributed by atoms with E-state index in [1.165, 1.54) is 6.33 Å². The Bertz CT molecular complexity index is 423. The number of nitrogens with two attached hydrogens (primary N) is 1. The molecule has 5 heteroatoms. The SMILES string of the molecule is Cc1ncnc(N2CC3CC[C@@H](C2)C3N)c1F. The highest BCUT2D eigenvalue weighted by molar-refractivity contribution is 5.42. The van der Waals surface area contributed by atoms with Crippen molar-refractivity contribution < 1.29 is 4.39 Å². The number of anilines is 1. The summed E-state index contributed by atoms with van der Waals surface area (Å²) >= 11 is 0. The summed E-state index contributed by atoms with van der Waals surface area (Å²) in [7, 11) is 0. The minimum Gasteiger partial charge on any atom is -0.353 e. The minimum absolute atomic E-state index is 0.289. The van der Waals surface area contributed by atoms with Crippen molar-refractivity contribution in [3.05, 3.63) is 17.8 Å². The third kappa shape index (κ3) is 1.69. The molecule has 2 unspecified atom stereocenters. The average molecular weight is 236 g/mol.